The Kier molecular flexibility index (Phi) is 6.54. The smallest absolute Gasteiger partial charge is 0.223 e. The zero-order valence-corrected chi connectivity index (χ0v) is 13.9. The number of halogens is 1. The highest BCUT2D eigenvalue weighted by molar-refractivity contribution is 9.10. The third-order valence-electron chi connectivity index (χ3n) is 3.69. The molecule has 5 nitrogen and oxygen atoms in total. The number of alkyl halides is 1. The maximum Gasteiger partial charge on any atom is 0.223 e. The molecule has 1 rings (SSSR count). The van der Waals surface area contributed by atoms with Crippen LogP contribution in [-0.4, -0.2) is 80.5 Å². The lowest BCUT2D eigenvalue weighted by Crippen LogP contribution is -2.44. The predicted molar refractivity (Wildman–Crippen MR) is 78.5 cm³/mol. The zero-order chi connectivity index (χ0) is 13.8. The summed E-state index contributed by atoms with van der Waals surface area (Å²) in [5.74, 6) is 0. The first-order valence-corrected chi connectivity index (χ1v) is 8.98. The van der Waals surface area contributed by atoms with Gasteiger partial charge in [-0.3, -0.25) is 0 Å². The van der Waals surface area contributed by atoms with E-state index in [1.165, 1.54) is 17.1 Å². The van der Waals surface area contributed by atoms with Crippen LogP contribution in [0.15, 0.2) is 0 Å². The van der Waals surface area contributed by atoms with Crippen LogP contribution in [0.5, 0.6) is 0 Å². The normalized spacial score (nSPS) is 19.9. The van der Waals surface area contributed by atoms with Crippen molar-refractivity contribution in [2.45, 2.75) is 18.9 Å². The highest BCUT2D eigenvalue weighted by atomic mass is 79.9. The van der Waals surface area contributed by atoms with Crippen LogP contribution in [-0.2, 0) is 10.0 Å². The van der Waals surface area contributed by atoms with E-state index in [2.05, 4.69) is 39.8 Å². The monoisotopic (exact) mass is 341 g/mol. The average Bonchev–Trinajstić information content (AvgIpc) is 2.36. The maximum atomic E-state index is 11.6. The molecule has 108 valence electrons. The van der Waals surface area contributed by atoms with Crippen LogP contribution < -0.4 is 0 Å². The van der Waals surface area contributed by atoms with Gasteiger partial charge < -0.3 is 9.80 Å². The summed E-state index contributed by atoms with van der Waals surface area (Å²) in [6.45, 7) is 3.60. The van der Waals surface area contributed by atoms with E-state index in [-0.39, 0.29) is 4.66 Å². The summed E-state index contributed by atoms with van der Waals surface area (Å²) in [6, 6.07) is 0.585. The number of hydrogen-bond donors (Lipinski definition) is 0. The lowest BCUT2D eigenvalue weighted by Gasteiger charge is -2.35. The highest BCUT2D eigenvalue weighted by Crippen LogP contribution is 2.14. The largest absolute Gasteiger partial charge is 0.306 e. The zero-order valence-electron chi connectivity index (χ0n) is 11.5. The van der Waals surface area contributed by atoms with E-state index in [9.17, 15) is 8.42 Å². The van der Waals surface area contributed by atoms with Gasteiger partial charge in [-0.2, -0.15) is 0 Å². The quantitative estimate of drug-likeness (QED) is 0.664. The van der Waals surface area contributed by atoms with Gasteiger partial charge in [0.2, 0.25) is 10.0 Å². The van der Waals surface area contributed by atoms with Crippen molar-refractivity contribution in [2.75, 3.05) is 52.0 Å². The molecule has 0 aliphatic carbocycles. The summed E-state index contributed by atoms with van der Waals surface area (Å²) < 4.78 is 24.6. The fourth-order valence-electron chi connectivity index (χ4n) is 2.14. The first kappa shape index (κ1) is 16.4. The Morgan fingerprint density at radius 3 is 2.28 bits per heavy atom. The Bertz CT molecular complexity index is 342. The maximum absolute atomic E-state index is 11.6. The molecular formula is C11H24BrN3O2S. The molecule has 18 heavy (non-hydrogen) atoms. The minimum atomic E-state index is -3.12. The van der Waals surface area contributed by atoms with Gasteiger partial charge in [-0.05, 0) is 40.0 Å². The van der Waals surface area contributed by atoms with Crippen molar-refractivity contribution in [2.24, 2.45) is 0 Å². The number of piperidine rings is 1. The highest BCUT2D eigenvalue weighted by Gasteiger charge is 2.22. The summed E-state index contributed by atoms with van der Waals surface area (Å²) in [6.07, 6.45) is 2.34. The predicted octanol–water partition coefficient (Wildman–Crippen LogP) is 0.626. The third kappa shape index (κ3) is 4.77. The van der Waals surface area contributed by atoms with E-state index in [1.54, 1.807) is 7.05 Å². The second kappa shape index (κ2) is 7.19. The number of rotatable bonds is 6. The molecule has 0 saturated carbocycles. The molecule has 0 aromatic heterocycles. The molecule has 1 aliphatic heterocycles. The van der Waals surface area contributed by atoms with Crippen LogP contribution in [0.2, 0.25) is 0 Å². The third-order valence-corrected chi connectivity index (χ3v) is 6.84. The minimum absolute atomic E-state index is 0.00552. The Hall–Kier alpha value is 0.310. The Labute approximate surface area is 119 Å². The van der Waals surface area contributed by atoms with Gasteiger partial charge in [-0.15, -0.1) is 0 Å². The van der Waals surface area contributed by atoms with E-state index < -0.39 is 10.0 Å². The van der Waals surface area contributed by atoms with Gasteiger partial charge in [0.05, 0.1) is 0 Å². The summed E-state index contributed by atoms with van der Waals surface area (Å²) in [7, 11) is 2.75. The Morgan fingerprint density at radius 2 is 1.78 bits per heavy atom. The van der Waals surface area contributed by atoms with Crippen molar-refractivity contribution in [1.29, 1.82) is 0 Å². The van der Waals surface area contributed by atoms with Gasteiger partial charge in [0.1, 0.15) is 4.66 Å². The fraction of sp³-hybridized carbons (Fsp3) is 1.00. The molecule has 0 aromatic carbocycles. The SMILES string of the molecule is CN1CCC(N(C)CCN(C)S(=O)(=O)CBr)CC1. The van der Waals surface area contributed by atoms with Gasteiger partial charge in [-0.25, -0.2) is 12.7 Å². The molecular weight excluding hydrogens is 318 g/mol. The molecule has 0 bridgehead atoms. The van der Waals surface area contributed by atoms with Gasteiger partial charge in [0.15, 0.2) is 0 Å². The first-order valence-electron chi connectivity index (χ1n) is 6.25. The van der Waals surface area contributed by atoms with Gasteiger partial charge in [-0.1, -0.05) is 15.9 Å². The molecule has 1 saturated heterocycles. The van der Waals surface area contributed by atoms with E-state index in [0.717, 1.165) is 19.6 Å². The van der Waals surface area contributed by atoms with Crippen LogP contribution >= 0.6 is 15.9 Å². The molecule has 0 N–H and O–H groups in total. The van der Waals surface area contributed by atoms with Crippen LogP contribution in [0.3, 0.4) is 0 Å². The molecule has 0 aromatic rings. The molecule has 0 spiro atoms. The summed E-state index contributed by atoms with van der Waals surface area (Å²) in [5, 5.41) is 0. The molecule has 0 radical (unpaired) electrons. The molecule has 1 fully saturated rings. The minimum Gasteiger partial charge on any atom is -0.306 e. The second-order valence-corrected chi connectivity index (χ2v) is 8.44. The molecule has 1 aliphatic rings. The number of sulfonamides is 1. The summed E-state index contributed by atoms with van der Waals surface area (Å²) >= 11 is 3.01. The van der Waals surface area contributed by atoms with Gasteiger partial charge in [0, 0.05) is 26.2 Å². The average molecular weight is 342 g/mol. The number of hydrogen-bond acceptors (Lipinski definition) is 4. The van der Waals surface area contributed by atoms with Gasteiger partial charge in [0.25, 0.3) is 0 Å². The first-order chi connectivity index (χ1) is 8.36. The van der Waals surface area contributed by atoms with Gasteiger partial charge >= 0.3 is 0 Å². The molecule has 0 atom stereocenters. The summed E-state index contributed by atoms with van der Waals surface area (Å²) in [5.41, 5.74) is 0. The lowest BCUT2D eigenvalue weighted by molar-refractivity contribution is 0.141. The lowest BCUT2D eigenvalue weighted by atomic mass is 10.0. The van der Waals surface area contributed by atoms with Crippen molar-refractivity contribution >= 4 is 26.0 Å². The Morgan fingerprint density at radius 1 is 1.22 bits per heavy atom. The van der Waals surface area contributed by atoms with Crippen molar-refractivity contribution in [1.82, 2.24) is 14.1 Å². The van der Waals surface area contributed by atoms with E-state index in [0.29, 0.717) is 12.6 Å². The fourth-order valence-corrected chi connectivity index (χ4v) is 3.71. The van der Waals surface area contributed by atoms with Crippen LogP contribution in [0.25, 0.3) is 0 Å². The number of likely N-dealkylation sites (N-methyl/N-ethyl adjacent to an activating group) is 2. The number of nitrogens with zero attached hydrogens (tertiary/aromatic N) is 3. The van der Waals surface area contributed by atoms with Crippen molar-refractivity contribution < 1.29 is 8.42 Å². The van der Waals surface area contributed by atoms with Crippen LogP contribution in [0.4, 0.5) is 0 Å². The molecule has 7 heteroatoms. The van der Waals surface area contributed by atoms with Crippen LogP contribution in [0, 0.1) is 0 Å². The second-order valence-electron chi connectivity index (χ2n) is 5.06. The summed E-state index contributed by atoms with van der Waals surface area (Å²) in [4.78, 5) is 4.62. The van der Waals surface area contributed by atoms with E-state index in [1.807, 2.05) is 0 Å². The van der Waals surface area contributed by atoms with E-state index in [4.69, 9.17) is 0 Å². The van der Waals surface area contributed by atoms with Crippen molar-refractivity contribution in [3.8, 4) is 0 Å². The number of likely N-dealkylation sites (tertiary alicyclic amines) is 1. The molecule has 1 heterocycles. The molecule has 0 unspecified atom stereocenters. The van der Waals surface area contributed by atoms with Crippen LogP contribution in [0.1, 0.15) is 12.8 Å². The molecule has 0 amide bonds. The van der Waals surface area contributed by atoms with E-state index >= 15 is 0 Å². The van der Waals surface area contributed by atoms with Crippen molar-refractivity contribution in [3.63, 3.8) is 0 Å². The topological polar surface area (TPSA) is 43.9 Å². The standard InChI is InChI=1S/C11H24BrN3O2S/c1-13-6-4-11(5-7-13)14(2)8-9-15(3)18(16,17)10-12/h11H,4-10H2,1-3H3. The Balaban J connectivity index is 2.35. The van der Waals surface area contributed by atoms with Crippen molar-refractivity contribution in [3.05, 3.63) is 0 Å².